The van der Waals surface area contributed by atoms with Crippen molar-refractivity contribution in [1.29, 1.82) is 0 Å². The molecule has 0 aliphatic carbocycles. The van der Waals surface area contributed by atoms with Crippen LogP contribution in [-0.4, -0.2) is 52.5 Å². The Morgan fingerprint density at radius 1 is 1.16 bits per heavy atom. The molecule has 1 aliphatic rings. The minimum Gasteiger partial charge on any atom is -0.444 e. The van der Waals surface area contributed by atoms with E-state index in [9.17, 15) is 19.1 Å². The molecule has 0 unspecified atom stereocenters. The van der Waals surface area contributed by atoms with Crippen molar-refractivity contribution in [3.63, 3.8) is 0 Å². The summed E-state index contributed by atoms with van der Waals surface area (Å²) in [6, 6.07) is 9.40. The lowest BCUT2D eigenvalue weighted by Crippen LogP contribution is -2.49. The van der Waals surface area contributed by atoms with Crippen molar-refractivity contribution < 1.29 is 28.2 Å². The van der Waals surface area contributed by atoms with Gasteiger partial charge >= 0.3 is 6.09 Å². The summed E-state index contributed by atoms with van der Waals surface area (Å²) in [7, 11) is 0. The monoisotopic (exact) mass is 452 g/mol. The molecule has 0 bridgehead atoms. The SMILES string of the molecule is CC(C)(C)OC(=O)N1C[C@H](F)[C@@H](O)[C@H]1C(=O)Nc1cccc(-c2ccccc2Cl)c1F. The third kappa shape index (κ3) is 4.97. The Morgan fingerprint density at radius 2 is 1.81 bits per heavy atom. The fourth-order valence-corrected chi connectivity index (χ4v) is 3.56. The number of carbonyl (C=O) groups excluding carboxylic acids is 2. The number of hydrogen-bond donors (Lipinski definition) is 2. The first kappa shape index (κ1) is 23.0. The van der Waals surface area contributed by atoms with Gasteiger partial charge in [0, 0.05) is 16.1 Å². The number of aliphatic hydroxyl groups is 1. The average molecular weight is 453 g/mol. The molecule has 0 aromatic heterocycles. The van der Waals surface area contributed by atoms with E-state index in [-0.39, 0.29) is 11.3 Å². The third-order valence-electron chi connectivity index (χ3n) is 4.72. The lowest BCUT2D eigenvalue weighted by atomic mass is 10.0. The van der Waals surface area contributed by atoms with Crippen molar-refractivity contribution >= 4 is 29.3 Å². The second-order valence-electron chi connectivity index (χ2n) is 8.22. The van der Waals surface area contributed by atoms with Crippen LogP contribution in [-0.2, 0) is 9.53 Å². The predicted octanol–water partition coefficient (Wildman–Crippen LogP) is 4.40. The van der Waals surface area contributed by atoms with Crippen molar-refractivity contribution in [2.24, 2.45) is 0 Å². The highest BCUT2D eigenvalue weighted by Gasteiger charge is 2.49. The molecule has 1 aliphatic heterocycles. The van der Waals surface area contributed by atoms with Crippen LogP contribution in [0, 0.1) is 5.82 Å². The van der Waals surface area contributed by atoms with Crippen molar-refractivity contribution in [2.75, 3.05) is 11.9 Å². The zero-order valence-electron chi connectivity index (χ0n) is 17.2. The molecule has 6 nitrogen and oxygen atoms in total. The number of anilines is 1. The molecular weight excluding hydrogens is 430 g/mol. The third-order valence-corrected chi connectivity index (χ3v) is 5.05. The van der Waals surface area contributed by atoms with Gasteiger partial charge in [0.1, 0.15) is 23.9 Å². The number of carbonyl (C=O) groups is 2. The Bertz CT molecular complexity index is 996. The van der Waals surface area contributed by atoms with Crippen LogP contribution in [0.2, 0.25) is 5.02 Å². The average Bonchev–Trinajstić information content (AvgIpc) is 2.98. The minimum atomic E-state index is -1.84. The van der Waals surface area contributed by atoms with Crippen molar-refractivity contribution in [3.8, 4) is 11.1 Å². The smallest absolute Gasteiger partial charge is 0.411 e. The first-order chi connectivity index (χ1) is 14.5. The van der Waals surface area contributed by atoms with E-state index in [0.717, 1.165) is 4.90 Å². The first-order valence-corrected chi connectivity index (χ1v) is 10.0. The van der Waals surface area contributed by atoms with Crippen LogP contribution < -0.4 is 5.32 Å². The number of nitrogens with zero attached hydrogens (tertiary/aromatic N) is 1. The zero-order valence-corrected chi connectivity index (χ0v) is 18.0. The van der Waals surface area contributed by atoms with Crippen LogP contribution in [0.15, 0.2) is 42.5 Å². The largest absolute Gasteiger partial charge is 0.444 e. The minimum absolute atomic E-state index is 0.155. The van der Waals surface area contributed by atoms with Gasteiger partial charge < -0.3 is 15.2 Å². The van der Waals surface area contributed by atoms with Gasteiger partial charge in [0.2, 0.25) is 5.91 Å². The molecular formula is C22H23ClF2N2O4. The molecule has 2 aromatic carbocycles. The van der Waals surface area contributed by atoms with Crippen molar-refractivity contribution in [3.05, 3.63) is 53.3 Å². The van der Waals surface area contributed by atoms with E-state index in [4.69, 9.17) is 16.3 Å². The predicted molar refractivity (Wildman–Crippen MR) is 113 cm³/mol. The maximum atomic E-state index is 15.1. The molecule has 31 heavy (non-hydrogen) atoms. The summed E-state index contributed by atoms with van der Waals surface area (Å²) >= 11 is 6.15. The van der Waals surface area contributed by atoms with Crippen molar-refractivity contribution in [2.45, 2.75) is 44.7 Å². The molecule has 3 rings (SSSR count). The molecule has 1 fully saturated rings. The number of hydrogen-bond acceptors (Lipinski definition) is 4. The van der Waals surface area contributed by atoms with Gasteiger partial charge in [-0.05, 0) is 32.9 Å². The highest BCUT2D eigenvalue weighted by Crippen LogP contribution is 2.33. The molecule has 9 heteroatoms. The number of ether oxygens (including phenoxy) is 1. The van der Waals surface area contributed by atoms with E-state index < -0.39 is 48.3 Å². The molecule has 3 atom stereocenters. The fraction of sp³-hybridized carbons (Fsp3) is 0.364. The number of aliphatic hydroxyl groups excluding tert-OH is 1. The number of rotatable bonds is 3. The van der Waals surface area contributed by atoms with E-state index >= 15 is 4.39 Å². The number of amides is 2. The Hall–Kier alpha value is -2.71. The van der Waals surface area contributed by atoms with E-state index in [2.05, 4.69) is 5.32 Å². The van der Waals surface area contributed by atoms with Gasteiger partial charge in [-0.3, -0.25) is 9.69 Å². The summed E-state index contributed by atoms with van der Waals surface area (Å²) in [6.45, 7) is 4.34. The number of benzene rings is 2. The molecule has 166 valence electrons. The van der Waals surface area contributed by atoms with Gasteiger partial charge in [-0.15, -0.1) is 0 Å². The summed E-state index contributed by atoms with van der Waals surface area (Å²) in [5.41, 5.74) is -0.492. The number of nitrogens with one attached hydrogen (secondary N) is 1. The Balaban J connectivity index is 1.87. The van der Waals surface area contributed by atoms with Gasteiger partial charge in [-0.25, -0.2) is 13.6 Å². The normalized spacial score (nSPS) is 21.1. The molecule has 2 amide bonds. The van der Waals surface area contributed by atoms with Crippen molar-refractivity contribution in [1.82, 2.24) is 4.90 Å². The quantitative estimate of drug-likeness (QED) is 0.723. The zero-order chi connectivity index (χ0) is 22.9. The van der Waals surface area contributed by atoms with Gasteiger partial charge in [0.15, 0.2) is 5.82 Å². The maximum Gasteiger partial charge on any atom is 0.411 e. The summed E-state index contributed by atoms with van der Waals surface area (Å²) in [5, 5.41) is 12.8. The first-order valence-electron chi connectivity index (χ1n) is 9.65. The highest BCUT2D eigenvalue weighted by atomic mass is 35.5. The van der Waals surface area contributed by atoms with E-state index in [1.54, 1.807) is 45.0 Å². The fourth-order valence-electron chi connectivity index (χ4n) is 3.32. The summed E-state index contributed by atoms with van der Waals surface area (Å²) in [4.78, 5) is 26.1. The molecule has 0 radical (unpaired) electrons. The second kappa shape index (κ2) is 8.80. The van der Waals surface area contributed by atoms with Crippen LogP contribution in [0.3, 0.4) is 0 Å². The highest BCUT2D eigenvalue weighted by molar-refractivity contribution is 6.33. The molecule has 1 saturated heterocycles. The van der Waals surface area contributed by atoms with E-state index in [1.807, 2.05) is 0 Å². The summed E-state index contributed by atoms with van der Waals surface area (Å²) in [6.07, 6.45) is -4.57. The lowest BCUT2D eigenvalue weighted by Gasteiger charge is -2.28. The van der Waals surface area contributed by atoms with Crippen LogP contribution in [0.1, 0.15) is 20.8 Å². The van der Waals surface area contributed by atoms with Gasteiger partial charge in [-0.2, -0.15) is 0 Å². The van der Waals surface area contributed by atoms with Crippen LogP contribution in [0.5, 0.6) is 0 Å². The lowest BCUT2D eigenvalue weighted by molar-refractivity contribution is -0.123. The maximum absolute atomic E-state index is 15.1. The summed E-state index contributed by atoms with van der Waals surface area (Å²) in [5.74, 6) is -1.69. The van der Waals surface area contributed by atoms with E-state index in [0.29, 0.717) is 10.6 Å². The Labute approximate surface area is 183 Å². The van der Waals surface area contributed by atoms with Crippen LogP contribution in [0.25, 0.3) is 11.1 Å². The molecule has 0 saturated carbocycles. The van der Waals surface area contributed by atoms with Gasteiger partial charge in [0.25, 0.3) is 0 Å². The topological polar surface area (TPSA) is 78.9 Å². The molecule has 2 N–H and O–H groups in total. The Kier molecular flexibility index (Phi) is 6.52. The molecule has 1 heterocycles. The molecule has 0 spiro atoms. The van der Waals surface area contributed by atoms with Gasteiger partial charge in [-0.1, -0.05) is 41.9 Å². The second-order valence-corrected chi connectivity index (χ2v) is 8.63. The number of likely N-dealkylation sites (tertiary alicyclic amines) is 1. The van der Waals surface area contributed by atoms with E-state index in [1.165, 1.54) is 18.2 Å². The summed E-state index contributed by atoms with van der Waals surface area (Å²) < 4.78 is 34.5. The van der Waals surface area contributed by atoms with Crippen LogP contribution >= 0.6 is 11.6 Å². The molecule has 2 aromatic rings. The standard InChI is InChI=1S/C22H23ClF2N2O4/c1-22(2,3)31-21(30)27-11-15(24)19(28)18(27)20(29)26-16-10-6-8-13(17(16)25)12-7-4-5-9-14(12)23/h4-10,15,18-19,28H,11H2,1-3H3,(H,26,29)/t15-,18-,19+/m0/s1. The van der Waals surface area contributed by atoms with Gasteiger partial charge in [0.05, 0.1) is 12.2 Å². The Morgan fingerprint density at radius 3 is 2.45 bits per heavy atom. The van der Waals surface area contributed by atoms with Crippen LogP contribution in [0.4, 0.5) is 19.3 Å². The number of alkyl halides is 1. The number of halogens is 3.